The van der Waals surface area contributed by atoms with Crippen molar-refractivity contribution >= 4 is 11.8 Å². The average Bonchev–Trinajstić information content (AvgIpc) is 3.04. The van der Waals surface area contributed by atoms with E-state index in [0.717, 1.165) is 37.5 Å². The Morgan fingerprint density at radius 3 is 1.58 bits per heavy atom. The molecule has 38 heavy (non-hydrogen) atoms. The van der Waals surface area contributed by atoms with Crippen molar-refractivity contribution in [2.24, 2.45) is 34.5 Å². The van der Waals surface area contributed by atoms with Crippen molar-refractivity contribution in [2.45, 2.75) is 131 Å². The summed E-state index contributed by atoms with van der Waals surface area (Å²) in [5, 5.41) is 0. The summed E-state index contributed by atoms with van der Waals surface area (Å²) in [4.78, 5) is 51.5. The fourth-order valence-corrected chi connectivity index (χ4v) is 8.60. The van der Waals surface area contributed by atoms with Gasteiger partial charge in [-0.15, -0.1) is 0 Å². The van der Waals surface area contributed by atoms with E-state index in [2.05, 4.69) is 41.5 Å². The van der Waals surface area contributed by atoms with E-state index in [-0.39, 0.29) is 33.8 Å². The van der Waals surface area contributed by atoms with E-state index in [1.807, 2.05) is 6.92 Å². The molecule has 6 saturated carbocycles. The van der Waals surface area contributed by atoms with Crippen molar-refractivity contribution in [3.8, 4) is 0 Å². The van der Waals surface area contributed by atoms with Gasteiger partial charge in [0.25, 0.3) is 11.8 Å². The van der Waals surface area contributed by atoms with E-state index in [1.165, 1.54) is 17.7 Å². The van der Waals surface area contributed by atoms with E-state index in [1.54, 1.807) is 13.8 Å². The fraction of sp³-hybridized carbons (Fsp3) is 0.871. The topological polar surface area (TPSA) is 74.3 Å². The summed E-state index contributed by atoms with van der Waals surface area (Å²) in [6.07, 6.45) is 7.46. The third-order valence-electron chi connectivity index (χ3n) is 11.9. The highest BCUT2D eigenvalue weighted by Gasteiger charge is 2.62. The van der Waals surface area contributed by atoms with Gasteiger partial charge in [0, 0.05) is 24.1 Å². The largest absolute Gasteiger partial charge is 0.275 e. The lowest BCUT2D eigenvalue weighted by molar-refractivity contribution is -0.557. The van der Waals surface area contributed by atoms with Crippen molar-refractivity contribution in [1.82, 2.24) is 4.90 Å². The second kappa shape index (κ2) is 9.12. The van der Waals surface area contributed by atoms with Gasteiger partial charge in [-0.2, -0.15) is 9.78 Å². The molecule has 0 N–H and O–H groups in total. The molecule has 0 spiro atoms. The SMILES string of the molecule is CC1=C(C)C(=O)N(CCCC(C)(OOC2(C)CCC3CC2C3(C)C)OOC2(C)CCC3CC2C3(C)C)C1=O. The van der Waals surface area contributed by atoms with Crippen LogP contribution in [-0.2, 0) is 29.1 Å². The first-order chi connectivity index (χ1) is 17.5. The smallest absolute Gasteiger partial charge is 0.256 e. The minimum Gasteiger partial charge on any atom is -0.275 e. The lowest BCUT2D eigenvalue weighted by Crippen LogP contribution is -2.62. The van der Waals surface area contributed by atoms with Crippen LogP contribution < -0.4 is 0 Å². The monoisotopic (exact) mass is 531 g/mol. The summed E-state index contributed by atoms with van der Waals surface area (Å²) in [5.41, 5.74) is 0.751. The molecular weight excluding hydrogens is 482 g/mol. The van der Waals surface area contributed by atoms with Crippen molar-refractivity contribution in [3.05, 3.63) is 11.1 Å². The normalized spacial score (nSPS) is 40.6. The first kappa shape index (κ1) is 28.3. The van der Waals surface area contributed by atoms with Crippen LogP contribution >= 0.6 is 0 Å². The van der Waals surface area contributed by atoms with Gasteiger partial charge in [-0.1, -0.05) is 27.7 Å². The summed E-state index contributed by atoms with van der Waals surface area (Å²) >= 11 is 0. The molecule has 0 radical (unpaired) electrons. The van der Waals surface area contributed by atoms with Crippen LogP contribution in [0.3, 0.4) is 0 Å². The molecule has 6 unspecified atom stereocenters. The predicted octanol–water partition coefficient (Wildman–Crippen LogP) is 6.51. The van der Waals surface area contributed by atoms with E-state index in [4.69, 9.17) is 19.6 Å². The highest BCUT2D eigenvalue weighted by molar-refractivity contribution is 6.18. The number of hydrogen-bond donors (Lipinski definition) is 0. The molecule has 0 aromatic carbocycles. The van der Waals surface area contributed by atoms with Gasteiger partial charge >= 0.3 is 0 Å². The Morgan fingerprint density at radius 1 is 0.789 bits per heavy atom. The number of imide groups is 1. The van der Waals surface area contributed by atoms with Gasteiger partial charge in [0.2, 0.25) is 5.79 Å². The molecule has 6 atom stereocenters. The molecule has 7 heteroatoms. The third-order valence-corrected chi connectivity index (χ3v) is 11.9. The maximum absolute atomic E-state index is 12.6. The lowest BCUT2D eigenvalue weighted by Gasteiger charge is -2.63. The van der Waals surface area contributed by atoms with Gasteiger partial charge in [-0.3, -0.25) is 14.5 Å². The Hall–Kier alpha value is -1.28. The minimum atomic E-state index is -1.18. The molecule has 7 rings (SSSR count). The quantitative estimate of drug-likeness (QED) is 0.138. The Labute approximate surface area is 228 Å². The number of fused-ring (bicyclic) bond motifs is 4. The molecule has 6 aliphatic carbocycles. The van der Waals surface area contributed by atoms with Crippen molar-refractivity contribution in [2.75, 3.05) is 6.54 Å². The first-order valence-electron chi connectivity index (χ1n) is 14.8. The third kappa shape index (κ3) is 4.31. The molecule has 4 bridgehead atoms. The fourth-order valence-electron chi connectivity index (χ4n) is 8.60. The van der Waals surface area contributed by atoms with Gasteiger partial charge in [-0.25, -0.2) is 9.78 Å². The van der Waals surface area contributed by atoms with Gasteiger partial charge in [0.05, 0.1) is 0 Å². The van der Waals surface area contributed by atoms with Crippen LogP contribution in [0, 0.1) is 34.5 Å². The number of hydrogen-bond acceptors (Lipinski definition) is 6. The zero-order valence-corrected chi connectivity index (χ0v) is 25.1. The Kier molecular flexibility index (Phi) is 6.78. The molecule has 6 fully saturated rings. The maximum Gasteiger partial charge on any atom is 0.256 e. The first-order valence-corrected chi connectivity index (χ1v) is 14.8. The Balaban J connectivity index is 1.26. The lowest BCUT2D eigenvalue weighted by atomic mass is 9.44. The molecule has 0 saturated heterocycles. The highest BCUT2D eigenvalue weighted by Crippen LogP contribution is 2.65. The van der Waals surface area contributed by atoms with E-state index in [0.29, 0.717) is 42.4 Å². The van der Waals surface area contributed by atoms with Crippen LogP contribution in [0.1, 0.15) is 114 Å². The number of rotatable bonds is 10. The molecular formula is C31H49NO6. The summed E-state index contributed by atoms with van der Waals surface area (Å²) in [6, 6.07) is 0. The number of carbonyl (C=O) groups is 2. The molecule has 1 aliphatic heterocycles. The average molecular weight is 532 g/mol. The van der Waals surface area contributed by atoms with Gasteiger partial charge < -0.3 is 0 Å². The second-order valence-electron chi connectivity index (χ2n) is 14.9. The van der Waals surface area contributed by atoms with Crippen LogP contribution in [-0.4, -0.2) is 40.2 Å². The summed E-state index contributed by atoms with van der Waals surface area (Å²) < 4.78 is 0. The van der Waals surface area contributed by atoms with E-state index < -0.39 is 5.79 Å². The van der Waals surface area contributed by atoms with E-state index >= 15 is 0 Å². The minimum absolute atomic E-state index is 0.212. The zero-order chi connectivity index (χ0) is 27.9. The van der Waals surface area contributed by atoms with E-state index in [9.17, 15) is 9.59 Å². The molecule has 2 amide bonds. The van der Waals surface area contributed by atoms with Crippen LogP contribution in [0.15, 0.2) is 11.1 Å². The molecule has 1 heterocycles. The number of carbonyl (C=O) groups excluding carboxylic acids is 2. The number of nitrogens with zero attached hydrogens (tertiary/aromatic N) is 1. The van der Waals surface area contributed by atoms with Crippen molar-refractivity contribution in [3.63, 3.8) is 0 Å². The number of amides is 2. The molecule has 0 aromatic rings. The van der Waals surface area contributed by atoms with Gasteiger partial charge in [0.15, 0.2) is 0 Å². The zero-order valence-electron chi connectivity index (χ0n) is 25.1. The standard InChI is InChI=1S/C31H49NO6/c1-19-20(2)26(34)32(25(19)33)16-10-13-31(9,37-35-29(7)14-11-21-17-23(29)27(21,3)4)38-36-30(8)15-12-22-18-24(30)28(22,5)6/h21-24H,10-18H2,1-9H3. The summed E-state index contributed by atoms with van der Waals surface area (Å²) in [5.74, 6) is 0.774. The van der Waals surface area contributed by atoms with Crippen LogP contribution in [0.25, 0.3) is 0 Å². The van der Waals surface area contributed by atoms with Gasteiger partial charge in [-0.05, 0) is 114 Å². The molecule has 214 valence electrons. The molecule has 7 aliphatic rings. The predicted molar refractivity (Wildman–Crippen MR) is 143 cm³/mol. The summed E-state index contributed by atoms with van der Waals surface area (Å²) in [6.45, 7) is 19.3. The highest BCUT2D eigenvalue weighted by atomic mass is 17.3. The van der Waals surface area contributed by atoms with Gasteiger partial charge in [0.1, 0.15) is 11.2 Å². The van der Waals surface area contributed by atoms with Crippen LogP contribution in [0.2, 0.25) is 0 Å². The maximum atomic E-state index is 12.6. The molecule has 7 nitrogen and oxygen atoms in total. The van der Waals surface area contributed by atoms with Crippen LogP contribution in [0.4, 0.5) is 0 Å². The summed E-state index contributed by atoms with van der Waals surface area (Å²) in [7, 11) is 0. The van der Waals surface area contributed by atoms with Crippen molar-refractivity contribution in [1.29, 1.82) is 0 Å². The molecule has 0 aromatic heterocycles. The van der Waals surface area contributed by atoms with Crippen molar-refractivity contribution < 1.29 is 29.1 Å². The van der Waals surface area contributed by atoms with Crippen LogP contribution in [0.5, 0.6) is 0 Å². The Morgan fingerprint density at radius 2 is 1.21 bits per heavy atom. The Bertz CT molecular complexity index is 955. The second-order valence-corrected chi connectivity index (χ2v) is 14.9.